The molecule has 0 radical (unpaired) electrons. The first kappa shape index (κ1) is 24.1. The van der Waals surface area contributed by atoms with Crippen LogP contribution in [0.1, 0.15) is 30.7 Å². The van der Waals surface area contributed by atoms with E-state index in [-0.39, 0.29) is 10.1 Å². The topological polar surface area (TPSA) is 88.4 Å². The van der Waals surface area contributed by atoms with Crippen LogP contribution in [-0.4, -0.2) is 52.5 Å². The van der Waals surface area contributed by atoms with Crippen LogP contribution < -0.4 is 4.90 Å². The van der Waals surface area contributed by atoms with Crippen LogP contribution in [0, 0.1) is 13.8 Å². The highest BCUT2D eigenvalue weighted by molar-refractivity contribution is 7.91. The Labute approximate surface area is 212 Å². The van der Waals surface area contributed by atoms with E-state index in [0.29, 0.717) is 31.2 Å². The lowest BCUT2D eigenvalue weighted by molar-refractivity contribution is -0.123. The van der Waals surface area contributed by atoms with Crippen LogP contribution >= 0.6 is 22.7 Å². The number of sulfonamides is 1. The number of fused-ring (bicyclic) bond motifs is 1. The van der Waals surface area contributed by atoms with Gasteiger partial charge in [-0.05, 0) is 56.3 Å². The lowest BCUT2D eigenvalue weighted by Crippen LogP contribution is -2.53. The molecule has 5 rings (SSSR count). The van der Waals surface area contributed by atoms with Gasteiger partial charge in [-0.25, -0.2) is 13.4 Å². The third-order valence-electron chi connectivity index (χ3n) is 6.22. The second-order valence-electron chi connectivity index (χ2n) is 8.66. The summed E-state index contributed by atoms with van der Waals surface area (Å²) >= 11 is 2.63. The minimum Gasteiger partial charge on any atom is -0.285 e. The molecule has 1 saturated heterocycles. The standard InChI is InChI=1S/C24H27N5O3S3/c1-17-16-18(2)28(26-17)14-13-27(24-25-19-8-3-4-10-21(19)34-24)23(30)20-9-5-6-12-29(20)35(31,32)22-11-7-15-33-22/h3-4,7-8,10-11,15-16,20H,5-6,9,12-14H2,1-2H3. The number of nitrogens with zero attached hydrogens (tertiary/aromatic N) is 5. The fraction of sp³-hybridized carbons (Fsp3) is 0.375. The van der Waals surface area contributed by atoms with Gasteiger partial charge in [-0.15, -0.1) is 11.3 Å². The van der Waals surface area contributed by atoms with Gasteiger partial charge in [0.2, 0.25) is 5.91 Å². The summed E-state index contributed by atoms with van der Waals surface area (Å²) in [6, 6.07) is 12.3. The van der Waals surface area contributed by atoms with Crippen molar-refractivity contribution in [2.24, 2.45) is 0 Å². The Morgan fingerprint density at radius 1 is 1.17 bits per heavy atom. The summed E-state index contributed by atoms with van der Waals surface area (Å²) in [7, 11) is -3.75. The van der Waals surface area contributed by atoms with Crippen LogP contribution in [0.4, 0.5) is 5.13 Å². The molecule has 1 aliphatic heterocycles. The SMILES string of the molecule is Cc1cc(C)n(CCN(C(=O)C2CCCCN2S(=O)(=O)c2cccs2)c2nc3ccccc3s2)n1. The maximum atomic E-state index is 14.1. The summed E-state index contributed by atoms with van der Waals surface area (Å²) in [5, 5.41) is 6.86. The highest BCUT2D eigenvalue weighted by Gasteiger charge is 2.40. The molecule has 1 fully saturated rings. The molecule has 35 heavy (non-hydrogen) atoms. The third-order valence-corrected chi connectivity index (χ3v) is 10.6. The number of rotatable bonds is 7. The van der Waals surface area contributed by atoms with Gasteiger partial charge in [-0.3, -0.25) is 14.4 Å². The van der Waals surface area contributed by atoms with Gasteiger partial charge in [-0.2, -0.15) is 9.40 Å². The predicted octanol–water partition coefficient (Wildman–Crippen LogP) is 4.45. The number of piperidine rings is 1. The van der Waals surface area contributed by atoms with Crippen LogP contribution in [0.15, 0.2) is 52.1 Å². The van der Waals surface area contributed by atoms with E-state index >= 15 is 0 Å². The molecule has 0 N–H and O–H groups in total. The molecule has 184 valence electrons. The van der Waals surface area contributed by atoms with Crippen molar-refractivity contribution in [1.82, 2.24) is 19.1 Å². The summed E-state index contributed by atoms with van der Waals surface area (Å²) in [4.78, 5) is 20.5. The van der Waals surface area contributed by atoms with Gasteiger partial charge in [0.05, 0.1) is 22.5 Å². The Bertz CT molecular complexity index is 1410. The first-order valence-corrected chi connectivity index (χ1v) is 14.7. The van der Waals surface area contributed by atoms with E-state index in [4.69, 9.17) is 4.98 Å². The predicted molar refractivity (Wildman–Crippen MR) is 140 cm³/mol. The molecule has 1 atom stereocenters. The van der Waals surface area contributed by atoms with Gasteiger partial charge in [0, 0.05) is 18.8 Å². The van der Waals surface area contributed by atoms with Crippen LogP contribution in [0.3, 0.4) is 0 Å². The van der Waals surface area contributed by atoms with Crippen molar-refractivity contribution in [2.75, 3.05) is 18.0 Å². The molecule has 0 saturated carbocycles. The number of amides is 1. The monoisotopic (exact) mass is 529 g/mol. The fourth-order valence-electron chi connectivity index (χ4n) is 4.52. The summed E-state index contributed by atoms with van der Waals surface area (Å²) in [5.41, 5.74) is 2.75. The highest BCUT2D eigenvalue weighted by atomic mass is 32.2. The van der Waals surface area contributed by atoms with Crippen molar-refractivity contribution in [1.29, 1.82) is 0 Å². The zero-order chi connectivity index (χ0) is 24.6. The molecule has 4 heterocycles. The molecule has 0 bridgehead atoms. The largest absolute Gasteiger partial charge is 0.285 e. The molecule has 1 amide bonds. The quantitative estimate of drug-likeness (QED) is 0.353. The number of aryl methyl sites for hydroxylation is 2. The average molecular weight is 530 g/mol. The molecule has 0 spiro atoms. The Morgan fingerprint density at radius 3 is 2.71 bits per heavy atom. The van der Waals surface area contributed by atoms with E-state index in [9.17, 15) is 13.2 Å². The molecule has 11 heteroatoms. The van der Waals surface area contributed by atoms with Gasteiger partial charge in [0.15, 0.2) is 5.13 Å². The molecule has 4 aromatic rings. The molecule has 1 aromatic carbocycles. The van der Waals surface area contributed by atoms with Crippen LogP contribution in [0.5, 0.6) is 0 Å². The van der Waals surface area contributed by atoms with Gasteiger partial charge in [-0.1, -0.05) is 36.0 Å². The second kappa shape index (κ2) is 9.81. The fourth-order valence-corrected chi connectivity index (χ4v) is 8.28. The smallest absolute Gasteiger partial charge is 0.253 e. The minimum atomic E-state index is -3.75. The van der Waals surface area contributed by atoms with E-state index < -0.39 is 16.1 Å². The van der Waals surface area contributed by atoms with E-state index in [1.54, 1.807) is 22.4 Å². The Kier molecular flexibility index (Phi) is 6.75. The molecule has 8 nitrogen and oxygen atoms in total. The molecule has 0 aliphatic carbocycles. The van der Waals surface area contributed by atoms with Gasteiger partial charge in [0.25, 0.3) is 10.0 Å². The maximum absolute atomic E-state index is 14.1. The number of anilines is 1. The number of para-hydroxylation sites is 1. The van der Waals surface area contributed by atoms with Gasteiger partial charge < -0.3 is 0 Å². The van der Waals surface area contributed by atoms with E-state index in [2.05, 4.69) is 5.10 Å². The third kappa shape index (κ3) is 4.77. The lowest BCUT2D eigenvalue weighted by atomic mass is 10.0. The second-order valence-corrected chi connectivity index (χ2v) is 12.7. The summed E-state index contributed by atoms with van der Waals surface area (Å²) in [5.74, 6) is -0.231. The number of hydrogen-bond donors (Lipinski definition) is 0. The number of carbonyl (C=O) groups is 1. The first-order valence-electron chi connectivity index (χ1n) is 11.6. The van der Waals surface area contributed by atoms with Crippen molar-refractivity contribution in [3.63, 3.8) is 0 Å². The van der Waals surface area contributed by atoms with Gasteiger partial charge in [0.1, 0.15) is 10.3 Å². The number of benzene rings is 1. The molecular weight excluding hydrogens is 502 g/mol. The van der Waals surface area contributed by atoms with Crippen molar-refractivity contribution < 1.29 is 13.2 Å². The number of aromatic nitrogens is 3. The van der Waals surface area contributed by atoms with E-state index in [1.165, 1.54) is 27.0 Å². The molecule has 3 aromatic heterocycles. The number of thiazole rings is 1. The van der Waals surface area contributed by atoms with Crippen molar-refractivity contribution in [2.45, 2.75) is 49.9 Å². The van der Waals surface area contributed by atoms with Gasteiger partial charge >= 0.3 is 0 Å². The van der Waals surface area contributed by atoms with Crippen molar-refractivity contribution in [3.8, 4) is 0 Å². The zero-order valence-corrected chi connectivity index (χ0v) is 22.1. The zero-order valence-electron chi connectivity index (χ0n) is 19.6. The average Bonchev–Trinajstić information content (AvgIpc) is 3.59. The van der Waals surface area contributed by atoms with Crippen LogP contribution in [-0.2, 0) is 21.4 Å². The summed E-state index contributed by atoms with van der Waals surface area (Å²) in [6.45, 7) is 5.10. The first-order chi connectivity index (χ1) is 16.8. The number of thiophene rings is 1. The molecule has 1 aliphatic rings. The van der Waals surface area contributed by atoms with E-state index in [1.807, 2.05) is 48.9 Å². The molecular formula is C24H27N5O3S3. The molecule has 1 unspecified atom stereocenters. The Morgan fingerprint density at radius 2 is 2.00 bits per heavy atom. The minimum absolute atomic E-state index is 0.231. The van der Waals surface area contributed by atoms with Crippen LogP contribution in [0.25, 0.3) is 10.2 Å². The maximum Gasteiger partial charge on any atom is 0.253 e. The Balaban J connectivity index is 1.50. The van der Waals surface area contributed by atoms with Crippen molar-refractivity contribution in [3.05, 3.63) is 59.2 Å². The normalized spacial score (nSPS) is 17.1. The lowest BCUT2D eigenvalue weighted by Gasteiger charge is -2.35. The number of hydrogen-bond acceptors (Lipinski definition) is 7. The Hall–Kier alpha value is -2.60. The van der Waals surface area contributed by atoms with E-state index in [0.717, 1.165) is 34.4 Å². The summed E-state index contributed by atoms with van der Waals surface area (Å²) in [6.07, 6.45) is 2.03. The number of carbonyl (C=O) groups excluding carboxylic acids is 1. The van der Waals surface area contributed by atoms with Crippen LogP contribution in [0.2, 0.25) is 0 Å². The highest BCUT2D eigenvalue weighted by Crippen LogP contribution is 2.33. The summed E-state index contributed by atoms with van der Waals surface area (Å²) < 4.78 is 31.4. The van der Waals surface area contributed by atoms with Crippen molar-refractivity contribution >= 4 is 54.0 Å².